The Balaban J connectivity index is 2.13. The second-order valence-corrected chi connectivity index (χ2v) is 8.27. The lowest BCUT2D eigenvalue weighted by molar-refractivity contribution is -0.140. The van der Waals surface area contributed by atoms with Crippen LogP contribution in [-0.2, 0) is 20.9 Å². The highest BCUT2D eigenvalue weighted by atomic mass is 16.5. The zero-order valence-corrected chi connectivity index (χ0v) is 18.1. The Labute approximate surface area is 171 Å². The number of carbonyl (C=O) groups excluding carboxylic acids is 4. The molecule has 8 heteroatoms. The first-order chi connectivity index (χ1) is 13.5. The summed E-state index contributed by atoms with van der Waals surface area (Å²) in [7, 11) is 1.33. The van der Waals surface area contributed by atoms with Crippen molar-refractivity contribution >= 4 is 23.7 Å². The Hall–Kier alpha value is -2.64. The van der Waals surface area contributed by atoms with Crippen molar-refractivity contribution in [1.29, 1.82) is 0 Å². The molecule has 8 nitrogen and oxygen atoms in total. The first kappa shape index (κ1) is 22.6. The summed E-state index contributed by atoms with van der Waals surface area (Å²) >= 11 is 0. The Morgan fingerprint density at radius 3 is 2.48 bits per heavy atom. The lowest BCUT2D eigenvalue weighted by Crippen LogP contribution is -2.44. The maximum absolute atomic E-state index is 12.9. The highest BCUT2D eigenvalue weighted by Crippen LogP contribution is 2.25. The van der Waals surface area contributed by atoms with Crippen LogP contribution < -0.4 is 5.32 Å². The van der Waals surface area contributed by atoms with Crippen molar-refractivity contribution in [3.8, 4) is 0 Å². The summed E-state index contributed by atoms with van der Waals surface area (Å²) in [5.41, 5.74) is 1.00. The maximum Gasteiger partial charge on any atom is 0.325 e. The lowest BCUT2D eigenvalue weighted by Gasteiger charge is -2.22. The first-order valence-electron chi connectivity index (χ1n) is 9.91. The molecule has 0 radical (unpaired) electrons. The van der Waals surface area contributed by atoms with Crippen LogP contribution in [0.2, 0.25) is 0 Å². The molecule has 0 saturated carbocycles. The number of hydrogen-bond donors (Lipinski definition) is 1. The number of aryl methyl sites for hydroxylation is 1. The van der Waals surface area contributed by atoms with Gasteiger partial charge in [0.25, 0.3) is 5.91 Å². The van der Waals surface area contributed by atoms with Gasteiger partial charge in [-0.1, -0.05) is 13.8 Å². The number of amides is 3. The minimum absolute atomic E-state index is 0.196. The third kappa shape index (κ3) is 4.86. The van der Waals surface area contributed by atoms with E-state index in [1.807, 2.05) is 11.5 Å². The molecular weight excluding hydrogens is 374 g/mol. The van der Waals surface area contributed by atoms with E-state index in [1.165, 1.54) is 7.11 Å². The summed E-state index contributed by atoms with van der Waals surface area (Å²) < 4.78 is 6.53. The molecule has 29 heavy (non-hydrogen) atoms. The van der Waals surface area contributed by atoms with Gasteiger partial charge < -0.3 is 14.6 Å². The molecule has 0 aromatic carbocycles. The molecule has 2 rings (SSSR count). The quantitative estimate of drug-likeness (QED) is 0.387. The molecule has 1 aromatic rings. The van der Waals surface area contributed by atoms with Crippen LogP contribution in [0.25, 0.3) is 0 Å². The molecule has 0 bridgehead atoms. The number of nitrogens with zero attached hydrogens (tertiary/aromatic N) is 2. The maximum atomic E-state index is 12.9. The Morgan fingerprint density at radius 2 is 1.90 bits per heavy atom. The predicted octanol–water partition coefficient (Wildman–Crippen LogP) is 2.60. The van der Waals surface area contributed by atoms with Crippen LogP contribution in [0.4, 0.5) is 4.79 Å². The van der Waals surface area contributed by atoms with Crippen LogP contribution >= 0.6 is 0 Å². The van der Waals surface area contributed by atoms with Gasteiger partial charge in [-0.2, -0.15) is 0 Å². The minimum Gasteiger partial charge on any atom is -0.469 e. The second kappa shape index (κ2) is 8.80. The van der Waals surface area contributed by atoms with Gasteiger partial charge in [0.2, 0.25) is 0 Å². The molecule has 1 N–H and O–H groups in total. The van der Waals surface area contributed by atoms with Crippen LogP contribution in [0.3, 0.4) is 0 Å². The topological polar surface area (TPSA) is 97.7 Å². The third-order valence-electron chi connectivity index (χ3n) is 5.51. The van der Waals surface area contributed by atoms with E-state index in [0.717, 1.165) is 17.0 Å². The second-order valence-electron chi connectivity index (χ2n) is 8.27. The van der Waals surface area contributed by atoms with Gasteiger partial charge >= 0.3 is 12.0 Å². The van der Waals surface area contributed by atoms with E-state index < -0.39 is 11.6 Å². The fraction of sp³-hybridized carbons (Fsp3) is 0.619. The molecular formula is C21H31N3O5. The number of ketones is 1. The van der Waals surface area contributed by atoms with Crippen molar-refractivity contribution < 1.29 is 23.9 Å². The summed E-state index contributed by atoms with van der Waals surface area (Å²) in [5, 5.41) is 2.74. The molecule has 0 spiro atoms. The van der Waals surface area contributed by atoms with Gasteiger partial charge in [-0.3, -0.25) is 19.3 Å². The number of nitrogens with one attached hydrogen (secondary N) is 1. The van der Waals surface area contributed by atoms with Crippen LogP contribution in [-0.4, -0.2) is 52.4 Å². The molecule has 3 amide bonds. The van der Waals surface area contributed by atoms with Gasteiger partial charge in [0, 0.05) is 23.5 Å². The molecule has 1 aliphatic heterocycles. The number of ether oxygens (including phenoxy) is 1. The van der Waals surface area contributed by atoms with Crippen molar-refractivity contribution in [3.05, 3.63) is 23.0 Å². The molecule has 1 aromatic heterocycles. The molecule has 1 saturated heterocycles. The van der Waals surface area contributed by atoms with E-state index >= 15 is 0 Å². The molecule has 0 aliphatic carbocycles. The average molecular weight is 405 g/mol. The van der Waals surface area contributed by atoms with Gasteiger partial charge in [-0.15, -0.1) is 0 Å². The van der Waals surface area contributed by atoms with E-state index in [9.17, 15) is 19.2 Å². The number of imide groups is 1. The van der Waals surface area contributed by atoms with Crippen LogP contribution in [0.5, 0.6) is 0 Å². The standard InChI is InChI=1S/C21H31N3O5/c1-13(2)7-9-21(5)19(27)24(20(28)22-21)12-17(25)16-11-14(3)23(15(16)4)10-8-18(26)29-6/h11,13H,7-10,12H2,1-6H3,(H,22,28)/t21-/m0/s1. The number of rotatable bonds is 9. The minimum atomic E-state index is -0.973. The summed E-state index contributed by atoms with van der Waals surface area (Å²) in [4.78, 5) is 50.5. The normalized spacial score (nSPS) is 19.1. The van der Waals surface area contributed by atoms with Crippen molar-refractivity contribution in [2.75, 3.05) is 13.7 Å². The fourth-order valence-corrected chi connectivity index (χ4v) is 3.60. The molecule has 160 valence electrons. The van der Waals surface area contributed by atoms with Gasteiger partial charge in [-0.05, 0) is 45.6 Å². The summed E-state index contributed by atoms with van der Waals surface area (Å²) in [6.45, 7) is 9.55. The molecule has 2 heterocycles. The fourth-order valence-electron chi connectivity index (χ4n) is 3.60. The number of hydrogen-bond acceptors (Lipinski definition) is 5. The summed E-state index contributed by atoms with van der Waals surface area (Å²) in [6.07, 6.45) is 1.52. The van der Waals surface area contributed by atoms with Gasteiger partial charge in [0.15, 0.2) is 5.78 Å². The number of urea groups is 1. The zero-order valence-electron chi connectivity index (χ0n) is 18.1. The van der Waals surface area contributed by atoms with Crippen molar-refractivity contribution in [3.63, 3.8) is 0 Å². The monoisotopic (exact) mass is 405 g/mol. The molecule has 1 fully saturated rings. The van der Waals surface area contributed by atoms with Gasteiger partial charge in [0.1, 0.15) is 5.54 Å². The highest BCUT2D eigenvalue weighted by Gasteiger charge is 2.48. The van der Waals surface area contributed by atoms with Gasteiger partial charge in [-0.25, -0.2) is 4.79 Å². The SMILES string of the molecule is COC(=O)CCn1c(C)cc(C(=O)CN2C(=O)N[C@@](C)(CCC(C)C)C2=O)c1C. The smallest absolute Gasteiger partial charge is 0.325 e. The number of carbonyl (C=O) groups is 4. The number of aromatic nitrogens is 1. The van der Waals surface area contributed by atoms with E-state index in [-0.39, 0.29) is 30.6 Å². The highest BCUT2D eigenvalue weighted by molar-refractivity contribution is 6.11. The van der Waals surface area contributed by atoms with E-state index in [2.05, 4.69) is 23.9 Å². The number of esters is 1. The Kier molecular flexibility index (Phi) is 6.87. The molecule has 1 atom stereocenters. The number of methoxy groups -OCH3 is 1. The third-order valence-corrected chi connectivity index (χ3v) is 5.51. The van der Waals surface area contributed by atoms with Crippen molar-refractivity contribution in [2.45, 2.75) is 66.0 Å². The largest absolute Gasteiger partial charge is 0.469 e. The Morgan fingerprint density at radius 1 is 1.24 bits per heavy atom. The van der Waals surface area contributed by atoms with Crippen LogP contribution in [0, 0.1) is 19.8 Å². The van der Waals surface area contributed by atoms with Crippen LogP contribution in [0.1, 0.15) is 61.8 Å². The van der Waals surface area contributed by atoms with Crippen LogP contribution in [0.15, 0.2) is 6.07 Å². The van der Waals surface area contributed by atoms with E-state index in [4.69, 9.17) is 0 Å². The van der Waals surface area contributed by atoms with E-state index in [0.29, 0.717) is 30.1 Å². The molecule has 1 aliphatic rings. The van der Waals surface area contributed by atoms with E-state index in [1.54, 1.807) is 19.9 Å². The first-order valence-corrected chi connectivity index (χ1v) is 9.91. The number of Topliss-reactive ketones (excluding diaryl/α,β-unsaturated/α-hetero) is 1. The summed E-state index contributed by atoms with van der Waals surface area (Å²) in [5.74, 6) is -0.594. The zero-order chi connectivity index (χ0) is 21.9. The lowest BCUT2D eigenvalue weighted by atomic mass is 9.92. The average Bonchev–Trinajstić information content (AvgIpc) is 3.06. The Bertz CT molecular complexity index is 827. The van der Waals surface area contributed by atoms with Crippen molar-refractivity contribution in [1.82, 2.24) is 14.8 Å². The van der Waals surface area contributed by atoms with Crippen molar-refractivity contribution in [2.24, 2.45) is 5.92 Å². The summed E-state index contributed by atoms with van der Waals surface area (Å²) in [6, 6.07) is 1.19. The van der Waals surface area contributed by atoms with Gasteiger partial charge in [0.05, 0.1) is 20.1 Å². The molecule has 0 unspecified atom stereocenters. The predicted molar refractivity (Wildman–Crippen MR) is 108 cm³/mol.